The van der Waals surface area contributed by atoms with E-state index >= 15 is 0 Å². The van der Waals surface area contributed by atoms with Crippen LogP contribution in [0, 0.1) is 0 Å². The minimum atomic E-state index is -0.385. The third kappa shape index (κ3) is 2.44. The molecule has 1 N–H and O–H groups in total. The Hall–Kier alpha value is -2.88. The maximum atomic E-state index is 12.1. The van der Waals surface area contributed by atoms with Crippen molar-refractivity contribution in [1.29, 1.82) is 0 Å². The van der Waals surface area contributed by atoms with Crippen LogP contribution in [0.5, 0.6) is 5.75 Å². The van der Waals surface area contributed by atoms with Gasteiger partial charge in [-0.05, 0) is 24.3 Å². The number of hydrogen-bond acceptors (Lipinski definition) is 3. The molecule has 0 atom stereocenters. The average Bonchev–Trinajstić information content (AvgIpc) is 3.03. The number of benzene rings is 2. The number of carbonyl (C=O) groups excluding carboxylic acids is 1. The summed E-state index contributed by atoms with van der Waals surface area (Å²) in [7, 11) is 0. The highest BCUT2D eigenvalue weighted by molar-refractivity contribution is 5.91. The van der Waals surface area contributed by atoms with Gasteiger partial charge in [0.25, 0.3) is 0 Å². The number of nitrogens with one attached hydrogen (secondary N) is 1. The van der Waals surface area contributed by atoms with Crippen molar-refractivity contribution < 1.29 is 9.53 Å². The smallest absolute Gasteiger partial charge is 0.343 e. The van der Waals surface area contributed by atoms with Crippen molar-refractivity contribution in [2.75, 3.05) is 0 Å². The number of imidazole rings is 1. The lowest BCUT2D eigenvalue weighted by atomic mass is 10.2. The average molecular weight is 264 g/mol. The first kappa shape index (κ1) is 12.2. The summed E-state index contributed by atoms with van der Waals surface area (Å²) in [6.45, 7) is 0. The summed E-state index contributed by atoms with van der Waals surface area (Å²) >= 11 is 0. The van der Waals surface area contributed by atoms with Gasteiger partial charge in [-0.3, -0.25) is 0 Å². The number of ether oxygens (including phenoxy) is 1. The van der Waals surface area contributed by atoms with E-state index in [0.717, 1.165) is 5.56 Å². The molecule has 0 aliphatic carbocycles. The molecule has 3 rings (SSSR count). The van der Waals surface area contributed by atoms with Gasteiger partial charge in [-0.2, -0.15) is 0 Å². The summed E-state index contributed by atoms with van der Waals surface area (Å²) in [5.74, 6) is 0.766. The molecule has 98 valence electrons. The Bertz CT molecular complexity index is 706. The van der Waals surface area contributed by atoms with Gasteiger partial charge in [-0.15, -0.1) is 0 Å². The molecule has 0 aliphatic rings. The number of carbonyl (C=O) groups is 1. The first-order valence-electron chi connectivity index (χ1n) is 6.20. The van der Waals surface area contributed by atoms with Gasteiger partial charge in [0, 0.05) is 12.4 Å². The molecule has 0 radical (unpaired) electrons. The molecule has 0 spiro atoms. The number of aromatic amines is 1. The van der Waals surface area contributed by atoms with E-state index in [1.807, 2.05) is 24.3 Å². The topological polar surface area (TPSA) is 55.0 Å². The van der Waals surface area contributed by atoms with Crippen LogP contribution in [-0.2, 0) is 0 Å². The zero-order chi connectivity index (χ0) is 13.8. The van der Waals surface area contributed by atoms with Gasteiger partial charge in [0.15, 0.2) is 0 Å². The third-order valence-corrected chi connectivity index (χ3v) is 2.85. The monoisotopic (exact) mass is 264 g/mol. The Morgan fingerprint density at radius 1 is 1.00 bits per heavy atom. The summed E-state index contributed by atoms with van der Waals surface area (Å²) in [5.41, 5.74) is 1.27. The van der Waals surface area contributed by atoms with Crippen LogP contribution in [0.15, 0.2) is 67.0 Å². The van der Waals surface area contributed by atoms with Crippen LogP contribution in [0.4, 0.5) is 0 Å². The first-order chi connectivity index (χ1) is 9.84. The lowest BCUT2D eigenvalue weighted by Gasteiger charge is -2.08. The van der Waals surface area contributed by atoms with Gasteiger partial charge in [-0.1, -0.05) is 30.3 Å². The van der Waals surface area contributed by atoms with Crippen LogP contribution in [0.1, 0.15) is 10.4 Å². The summed E-state index contributed by atoms with van der Waals surface area (Å²) in [6.07, 6.45) is 3.39. The highest BCUT2D eigenvalue weighted by Gasteiger charge is 2.13. The van der Waals surface area contributed by atoms with E-state index in [-0.39, 0.29) is 5.97 Å². The van der Waals surface area contributed by atoms with Crippen LogP contribution in [0.25, 0.3) is 11.4 Å². The molecular formula is C16H12N2O2. The SMILES string of the molecule is O=C(Oc1ccccc1-c1ncc[nH]1)c1ccccc1. The van der Waals surface area contributed by atoms with E-state index in [9.17, 15) is 4.79 Å². The molecule has 0 saturated heterocycles. The van der Waals surface area contributed by atoms with Crippen LogP contribution in [-0.4, -0.2) is 15.9 Å². The predicted octanol–water partition coefficient (Wildman–Crippen LogP) is 3.30. The number of hydrogen-bond donors (Lipinski definition) is 1. The van der Waals surface area contributed by atoms with Crippen LogP contribution in [0.2, 0.25) is 0 Å². The van der Waals surface area contributed by atoms with Crippen molar-refractivity contribution in [3.8, 4) is 17.1 Å². The van der Waals surface area contributed by atoms with E-state index in [2.05, 4.69) is 9.97 Å². The standard InChI is InChI=1S/C16H12N2O2/c19-16(12-6-2-1-3-7-12)20-14-9-5-4-8-13(14)15-17-10-11-18-15/h1-11H,(H,17,18). The molecule has 0 fully saturated rings. The Labute approximate surface area is 116 Å². The Morgan fingerprint density at radius 2 is 1.75 bits per heavy atom. The minimum Gasteiger partial charge on any atom is -0.422 e. The second kappa shape index (κ2) is 5.40. The number of rotatable bonds is 3. The zero-order valence-corrected chi connectivity index (χ0v) is 10.6. The summed E-state index contributed by atoms with van der Waals surface area (Å²) in [6, 6.07) is 16.2. The fourth-order valence-electron chi connectivity index (χ4n) is 1.90. The van der Waals surface area contributed by atoms with E-state index < -0.39 is 0 Å². The second-order valence-corrected chi connectivity index (χ2v) is 4.19. The predicted molar refractivity (Wildman–Crippen MR) is 75.4 cm³/mol. The maximum Gasteiger partial charge on any atom is 0.343 e. The molecule has 0 amide bonds. The van der Waals surface area contributed by atoms with Crippen molar-refractivity contribution in [1.82, 2.24) is 9.97 Å². The molecule has 4 heteroatoms. The number of aromatic nitrogens is 2. The molecule has 0 bridgehead atoms. The second-order valence-electron chi connectivity index (χ2n) is 4.19. The Balaban J connectivity index is 1.90. The quantitative estimate of drug-likeness (QED) is 0.583. The molecule has 1 heterocycles. The van der Waals surface area contributed by atoms with Gasteiger partial charge in [0.1, 0.15) is 11.6 Å². The summed E-state index contributed by atoms with van der Waals surface area (Å²) in [4.78, 5) is 19.3. The van der Waals surface area contributed by atoms with Crippen molar-refractivity contribution in [3.05, 3.63) is 72.6 Å². The Kier molecular flexibility index (Phi) is 3.29. The van der Waals surface area contributed by atoms with E-state index in [1.165, 1.54) is 0 Å². The molecule has 0 aliphatic heterocycles. The molecule has 0 saturated carbocycles. The fourth-order valence-corrected chi connectivity index (χ4v) is 1.90. The number of para-hydroxylation sites is 1. The van der Waals surface area contributed by atoms with Gasteiger partial charge in [0.05, 0.1) is 11.1 Å². The summed E-state index contributed by atoms with van der Waals surface area (Å²) < 4.78 is 5.46. The number of nitrogens with zero attached hydrogens (tertiary/aromatic N) is 1. The molecule has 4 nitrogen and oxygen atoms in total. The fraction of sp³-hybridized carbons (Fsp3) is 0. The maximum absolute atomic E-state index is 12.1. The van der Waals surface area contributed by atoms with Gasteiger partial charge in [0.2, 0.25) is 0 Å². The first-order valence-corrected chi connectivity index (χ1v) is 6.20. The van der Waals surface area contributed by atoms with Crippen molar-refractivity contribution in [3.63, 3.8) is 0 Å². The zero-order valence-electron chi connectivity index (χ0n) is 10.6. The van der Waals surface area contributed by atoms with E-state index in [1.54, 1.807) is 42.7 Å². The highest BCUT2D eigenvalue weighted by atomic mass is 16.5. The van der Waals surface area contributed by atoms with E-state index in [4.69, 9.17) is 4.74 Å². The highest BCUT2D eigenvalue weighted by Crippen LogP contribution is 2.27. The minimum absolute atomic E-state index is 0.385. The Morgan fingerprint density at radius 3 is 2.50 bits per heavy atom. The molecule has 3 aromatic rings. The van der Waals surface area contributed by atoms with Crippen molar-refractivity contribution in [2.24, 2.45) is 0 Å². The summed E-state index contributed by atoms with van der Waals surface area (Å²) in [5, 5.41) is 0. The van der Waals surface area contributed by atoms with Crippen molar-refractivity contribution in [2.45, 2.75) is 0 Å². The lowest BCUT2D eigenvalue weighted by Crippen LogP contribution is -2.09. The van der Waals surface area contributed by atoms with Crippen molar-refractivity contribution >= 4 is 5.97 Å². The molecule has 20 heavy (non-hydrogen) atoms. The van der Waals surface area contributed by atoms with Gasteiger partial charge >= 0.3 is 5.97 Å². The molecule has 0 unspecified atom stereocenters. The van der Waals surface area contributed by atoms with Crippen LogP contribution >= 0.6 is 0 Å². The number of esters is 1. The largest absolute Gasteiger partial charge is 0.422 e. The van der Waals surface area contributed by atoms with Gasteiger partial charge in [-0.25, -0.2) is 9.78 Å². The lowest BCUT2D eigenvalue weighted by molar-refractivity contribution is 0.0735. The van der Waals surface area contributed by atoms with E-state index in [0.29, 0.717) is 17.1 Å². The number of H-pyrrole nitrogens is 1. The third-order valence-electron chi connectivity index (χ3n) is 2.85. The molecule has 1 aromatic heterocycles. The molecule has 2 aromatic carbocycles. The van der Waals surface area contributed by atoms with Crippen LogP contribution < -0.4 is 4.74 Å². The van der Waals surface area contributed by atoms with Crippen LogP contribution in [0.3, 0.4) is 0 Å². The van der Waals surface area contributed by atoms with Gasteiger partial charge < -0.3 is 9.72 Å². The molecular weight excluding hydrogens is 252 g/mol. The normalized spacial score (nSPS) is 10.2.